The van der Waals surface area contributed by atoms with Gasteiger partial charge in [0.15, 0.2) is 0 Å². The Morgan fingerprint density at radius 2 is 1.32 bits per heavy atom. The van der Waals surface area contributed by atoms with Gasteiger partial charge in [0.2, 0.25) is 11.8 Å². The van der Waals surface area contributed by atoms with E-state index in [1.165, 1.54) is 0 Å². The molecule has 0 radical (unpaired) electrons. The third-order valence-electron chi connectivity index (χ3n) is 4.23. The SMILES string of the molecule is O=C(Cc1ccccc1)NCC(=O)NNC(=O)Cc1cccc2ccccc12. The van der Waals surface area contributed by atoms with E-state index in [0.717, 1.165) is 21.9 Å². The molecule has 0 bridgehead atoms. The summed E-state index contributed by atoms with van der Waals surface area (Å²) in [5.74, 6) is -1.09. The topological polar surface area (TPSA) is 87.3 Å². The molecule has 0 fully saturated rings. The van der Waals surface area contributed by atoms with Gasteiger partial charge in [-0.25, -0.2) is 0 Å². The lowest BCUT2D eigenvalue weighted by Crippen LogP contribution is -2.47. The fourth-order valence-corrected chi connectivity index (χ4v) is 2.87. The van der Waals surface area contributed by atoms with Gasteiger partial charge in [0.1, 0.15) is 0 Å². The van der Waals surface area contributed by atoms with Crippen LogP contribution < -0.4 is 16.2 Å². The molecule has 28 heavy (non-hydrogen) atoms. The number of benzene rings is 3. The molecule has 0 aliphatic heterocycles. The number of carbonyl (C=O) groups is 3. The summed E-state index contributed by atoms with van der Waals surface area (Å²) in [5, 5.41) is 4.58. The molecule has 0 aliphatic carbocycles. The highest BCUT2D eigenvalue weighted by Crippen LogP contribution is 2.18. The van der Waals surface area contributed by atoms with E-state index in [1.54, 1.807) is 0 Å². The second-order valence-corrected chi connectivity index (χ2v) is 6.35. The minimum atomic E-state index is -0.493. The van der Waals surface area contributed by atoms with Crippen molar-refractivity contribution in [2.24, 2.45) is 0 Å². The van der Waals surface area contributed by atoms with Crippen LogP contribution in [-0.4, -0.2) is 24.3 Å². The van der Waals surface area contributed by atoms with Crippen molar-refractivity contribution in [2.75, 3.05) is 6.54 Å². The first kappa shape index (κ1) is 19.1. The van der Waals surface area contributed by atoms with Crippen LogP contribution in [0.4, 0.5) is 0 Å². The third-order valence-corrected chi connectivity index (χ3v) is 4.23. The van der Waals surface area contributed by atoms with Crippen LogP contribution in [0.3, 0.4) is 0 Å². The zero-order valence-electron chi connectivity index (χ0n) is 15.3. The Bertz CT molecular complexity index is 981. The molecule has 3 aromatic carbocycles. The summed E-state index contributed by atoms with van der Waals surface area (Å²) in [4.78, 5) is 35.8. The number of hydrogen-bond donors (Lipinski definition) is 3. The Morgan fingerprint density at radius 1 is 0.643 bits per heavy atom. The minimum Gasteiger partial charge on any atom is -0.347 e. The average Bonchev–Trinajstić information content (AvgIpc) is 2.72. The number of nitrogens with one attached hydrogen (secondary N) is 3. The van der Waals surface area contributed by atoms with E-state index < -0.39 is 5.91 Å². The van der Waals surface area contributed by atoms with Crippen molar-refractivity contribution in [1.82, 2.24) is 16.2 Å². The molecule has 0 saturated heterocycles. The van der Waals surface area contributed by atoms with Gasteiger partial charge in [-0.15, -0.1) is 0 Å². The molecule has 6 heteroatoms. The lowest BCUT2D eigenvalue weighted by molar-refractivity contribution is -0.129. The van der Waals surface area contributed by atoms with Crippen molar-refractivity contribution < 1.29 is 14.4 Å². The molecule has 3 amide bonds. The van der Waals surface area contributed by atoms with Crippen molar-refractivity contribution in [1.29, 1.82) is 0 Å². The molecule has 3 aromatic rings. The molecule has 3 rings (SSSR count). The highest BCUT2D eigenvalue weighted by molar-refractivity contribution is 5.91. The molecular formula is C22H21N3O3. The number of carbonyl (C=O) groups excluding carboxylic acids is 3. The largest absolute Gasteiger partial charge is 0.347 e. The quantitative estimate of drug-likeness (QED) is 0.575. The fourth-order valence-electron chi connectivity index (χ4n) is 2.87. The average molecular weight is 375 g/mol. The van der Waals surface area contributed by atoms with Gasteiger partial charge >= 0.3 is 0 Å². The van der Waals surface area contributed by atoms with Crippen LogP contribution in [0.1, 0.15) is 11.1 Å². The number of amides is 3. The van der Waals surface area contributed by atoms with Gasteiger partial charge in [-0.3, -0.25) is 25.2 Å². The first-order chi connectivity index (χ1) is 13.6. The summed E-state index contributed by atoms with van der Waals surface area (Å²) in [6.45, 7) is -0.208. The van der Waals surface area contributed by atoms with Crippen LogP contribution in [0.2, 0.25) is 0 Å². The van der Waals surface area contributed by atoms with E-state index in [1.807, 2.05) is 72.8 Å². The summed E-state index contributed by atoms with van der Waals surface area (Å²) in [6, 6.07) is 22.8. The predicted molar refractivity (Wildman–Crippen MR) is 107 cm³/mol. The maximum atomic E-state index is 12.1. The zero-order chi connectivity index (χ0) is 19.8. The monoisotopic (exact) mass is 375 g/mol. The van der Waals surface area contributed by atoms with E-state index in [4.69, 9.17) is 0 Å². The summed E-state index contributed by atoms with van der Waals surface area (Å²) in [5.41, 5.74) is 6.44. The smallest absolute Gasteiger partial charge is 0.257 e. The molecule has 0 atom stereocenters. The number of hydrazine groups is 1. The van der Waals surface area contributed by atoms with Crippen molar-refractivity contribution in [3.63, 3.8) is 0 Å². The highest BCUT2D eigenvalue weighted by Gasteiger charge is 2.09. The lowest BCUT2D eigenvalue weighted by Gasteiger charge is -2.10. The maximum absolute atomic E-state index is 12.1. The lowest BCUT2D eigenvalue weighted by atomic mass is 10.0. The van der Waals surface area contributed by atoms with Crippen LogP contribution in [0.25, 0.3) is 10.8 Å². The predicted octanol–water partition coefficient (Wildman–Crippen LogP) is 1.89. The van der Waals surface area contributed by atoms with Gasteiger partial charge in [-0.2, -0.15) is 0 Å². The molecule has 0 spiro atoms. The molecule has 3 N–H and O–H groups in total. The summed E-state index contributed by atoms with van der Waals surface area (Å²) < 4.78 is 0. The standard InChI is InChI=1S/C22H21N3O3/c26-20(13-16-7-2-1-3-8-16)23-15-22(28)25-24-21(27)14-18-11-6-10-17-9-4-5-12-19(17)18/h1-12H,13-15H2,(H,23,26)(H,24,27)(H,25,28). The molecule has 0 heterocycles. The van der Waals surface area contributed by atoms with Crippen LogP contribution in [-0.2, 0) is 27.2 Å². The van der Waals surface area contributed by atoms with Crippen LogP contribution in [0.5, 0.6) is 0 Å². The van der Waals surface area contributed by atoms with Gasteiger partial charge in [-0.1, -0.05) is 72.8 Å². The molecule has 0 aromatic heterocycles. The first-order valence-corrected chi connectivity index (χ1v) is 8.97. The second kappa shape index (κ2) is 9.32. The van der Waals surface area contributed by atoms with Gasteiger partial charge in [0.05, 0.1) is 19.4 Å². The number of fused-ring (bicyclic) bond motifs is 1. The van der Waals surface area contributed by atoms with E-state index in [2.05, 4.69) is 16.2 Å². The molecular weight excluding hydrogens is 354 g/mol. The Kier molecular flexibility index (Phi) is 6.36. The van der Waals surface area contributed by atoms with Crippen molar-refractivity contribution in [3.8, 4) is 0 Å². The summed E-state index contributed by atoms with van der Waals surface area (Å²) >= 11 is 0. The van der Waals surface area contributed by atoms with Crippen molar-refractivity contribution in [2.45, 2.75) is 12.8 Å². The van der Waals surface area contributed by atoms with E-state index in [0.29, 0.717) is 0 Å². The van der Waals surface area contributed by atoms with Crippen LogP contribution in [0.15, 0.2) is 72.8 Å². The Hall–Kier alpha value is -3.67. The Morgan fingerprint density at radius 3 is 2.14 bits per heavy atom. The van der Waals surface area contributed by atoms with E-state index in [9.17, 15) is 14.4 Å². The second-order valence-electron chi connectivity index (χ2n) is 6.35. The minimum absolute atomic E-state index is 0.141. The molecule has 0 aliphatic rings. The molecule has 0 saturated carbocycles. The van der Waals surface area contributed by atoms with Crippen molar-refractivity contribution >= 4 is 28.5 Å². The van der Waals surface area contributed by atoms with E-state index in [-0.39, 0.29) is 31.2 Å². The van der Waals surface area contributed by atoms with Crippen LogP contribution in [0, 0.1) is 0 Å². The van der Waals surface area contributed by atoms with Gasteiger partial charge in [-0.05, 0) is 21.9 Å². The first-order valence-electron chi connectivity index (χ1n) is 8.97. The highest BCUT2D eigenvalue weighted by atomic mass is 16.2. The third kappa shape index (κ3) is 5.41. The molecule has 142 valence electrons. The fraction of sp³-hybridized carbons (Fsp3) is 0.136. The molecule has 0 unspecified atom stereocenters. The number of hydrogen-bond acceptors (Lipinski definition) is 3. The maximum Gasteiger partial charge on any atom is 0.257 e. The van der Waals surface area contributed by atoms with E-state index >= 15 is 0 Å². The zero-order valence-corrected chi connectivity index (χ0v) is 15.3. The molecule has 6 nitrogen and oxygen atoms in total. The van der Waals surface area contributed by atoms with Gasteiger partial charge in [0.25, 0.3) is 5.91 Å². The van der Waals surface area contributed by atoms with Gasteiger partial charge in [0, 0.05) is 0 Å². The Balaban J connectivity index is 1.43. The van der Waals surface area contributed by atoms with Crippen molar-refractivity contribution in [3.05, 3.63) is 83.9 Å². The van der Waals surface area contributed by atoms with Gasteiger partial charge < -0.3 is 5.32 Å². The Labute approximate surface area is 162 Å². The summed E-state index contributed by atoms with van der Waals surface area (Å²) in [7, 11) is 0. The number of rotatable bonds is 6. The summed E-state index contributed by atoms with van der Waals surface area (Å²) in [6.07, 6.45) is 0.337. The normalized spacial score (nSPS) is 10.3. The van der Waals surface area contributed by atoms with Crippen LogP contribution >= 0.6 is 0 Å².